The number of fused-ring (bicyclic) bond motifs is 1. The molecule has 134 valence electrons. The van der Waals surface area contributed by atoms with Crippen LogP contribution in [0.5, 0.6) is 0 Å². The van der Waals surface area contributed by atoms with Crippen LogP contribution in [0.15, 0.2) is 53.7 Å². The third kappa shape index (κ3) is 4.15. The molecule has 0 atom stereocenters. The molecule has 3 rings (SSSR count). The number of thioether (sulfide) groups is 1. The third-order valence-corrected chi connectivity index (χ3v) is 4.66. The van der Waals surface area contributed by atoms with Crippen molar-refractivity contribution in [2.75, 3.05) is 16.4 Å². The molecule has 0 aliphatic rings. The van der Waals surface area contributed by atoms with Gasteiger partial charge in [0.1, 0.15) is 0 Å². The second-order valence-corrected chi connectivity index (χ2v) is 6.48. The monoisotopic (exact) mass is 369 g/mol. The Morgan fingerprint density at radius 2 is 1.85 bits per heavy atom. The Kier molecular flexibility index (Phi) is 5.43. The Morgan fingerprint density at radius 3 is 2.58 bits per heavy atom. The van der Waals surface area contributed by atoms with Crippen LogP contribution in [0.3, 0.4) is 0 Å². The summed E-state index contributed by atoms with van der Waals surface area (Å²) in [6.45, 7) is 2.83. The lowest BCUT2D eigenvalue weighted by atomic mass is 10.3. The first-order valence-electron chi connectivity index (χ1n) is 8.11. The molecule has 4 N–H and O–H groups in total. The molecule has 2 aromatic carbocycles. The minimum atomic E-state index is -0.650. The van der Waals surface area contributed by atoms with Crippen molar-refractivity contribution >= 4 is 46.1 Å². The summed E-state index contributed by atoms with van der Waals surface area (Å²) in [7, 11) is 0. The van der Waals surface area contributed by atoms with E-state index in [0.717, 1.165) is 22.7 Å². The van der Waals surface area contributed by atoms with Crippen molar-refractivity contribution < 1.29 is 9.59 Å². The van der Waals surface area contributed by atoms with Crippen molar-refractivity contribution in [3.8, 4) is 0 Å². The number of anilines is 2. The number of hydrogen-bond donors (Lipinski definition) is 3. The van der Waals surface area contributed by atoms with Gasteiger partial charge < -0.3 is 20.9 Å². The van der Waals surface area contributed by atoms with E-state index in [1.165, 1.54) is 11.8 Å². The van der Waals surface area contributed by atoms with Gasteiger partial charge in [-0.25, -0.2) is 9.78 Å². The number of aryl methyl sites for hydroxylation is 1. The van der Waals surface area contributed by atoms with E-state index >= 15 is 0 Å². The number of carbonyl (C=O) groups is 2. The van der Waals surface area contributed by atoms with E-state index in [9.17, 15) is 9.59 Å². The Hall–Kier alpha value is -3.00. The number of amides is 3. The van der Waals surface area contributed by atoms with Gasteiger partial charge in [-0.3, -0.25) is 4.79 Å². The molecular formula is C18H19N5O2S. The van der Waals surface area contributed by atoms with E-state index in [4.69, 9.17) is 5.73 Å². The first kappa shape index (κ1) is 17.8. The zero-order valence-electron chi connectivity index (χ0n) is 14.2. The Morgan fingerprint density at radius 1 is 1.12 bits per heavy atom. The van der Waals surface area contributed by atoms with Crippen LogP contribution in [0.2, 0.25) is 0 Å². The molecule has 0 saturated heterocycles. The van der Waals surface area contributed by atoms with Crippen LogP contribution < -0.4 is 16.4 Å². The summed E-state index contributed by atoms with van der Waals surface area (Å²) in [5, 5.41) is 6.10. The number of hydrogen-bond acceptors (Lipinski definition) is 4. The number of imidazole rings is 1. The maximum Gasteiger partial charge on any atom is 0.316 e. The second kappa shape index (κ2) is 7.92. The van der Waals surface area contributed by atoms with Crippen molar-refractivity contribution in [1.29, 1.82) is 0 Å². The van der Waals surface area contributed by atoms with Gasteiger partial charge in [0.05, 0.1) is 16.8 Å². The fraction of sp³-hybridized carbons (Fsp3) is 0.167. The predicted molar refractivity (Wildman–Crippen MR) is 104 cm³/mol. The predicted octanol–water partition coefficient (Wildman–Crippen LogP) is 3.28. The molecule has 8 heteroatoms. The van der Waals surface area contributed by atoms with Gasteiger partial charge in [-0.2, -0.15) is 0 Å². The summed E-state index contributed by atoms with van der Waals surface area (Å²) < 4.78 is 2.09. The molecule has 0 saturated carbocycles. The molecule has 0 aliphatic carbocycles. The standard InChI is InChI=1S/C18H19N5O2S/c1-2-23-15-9-4-3-8-14(15)22-18(23)26-11-16(24)20-12-6-5-7-13(10-12)21-17(19)25/h3-10H,2,11H2,1H3,(H,20,24)(H3,19,21,25). The summed E-state index contributed by atoms with van der Waals surface area (Å²) in [5.74, 6) is 0.0810. The number of urea groups is 1. The first-order valence-corrected chi connectivity index (χ1v) is 9.10. The third-order valence-electron chi connectivity index (χ3n) is 3.68. The molecule has 1 heterocycles. The average Bonchev–Trinajstić information content (AvgIpc) is 2.97. The fourth-order valence-corrected chi connectivity index (χ4v) is 3.49. The van der Waals surface area contributed by atoms with Crippen LogP contribution >= 0.6 is 11.8 Å². The number of nitrogens with zero attached hydrogens (tertiary/aromatic N) is 2. The van der Waals surface area contributed by atoms with Gasteiger partial charge in [-0.05, 0) is 37.3 Å². The Bertz CT molecular complexity index is 954. The van der Waals surface area contributed by atoms with Gasteiger partial charge >= 0.3 is 6.03 Å². The number of carbonyl (C=O) groups excluding carboxylic acids is 2. The topological polar surface area (TPSA) is 102 Å². The molecule has 0 spiro atoms. The molecule has 0 unspecified atom stereocenters. The van der Waals surface area contributed by atoms with Crippen LogP contribution in [-0.2, 0) is 11.3 Å². The van der Waals surface area contributed by atoms with Crippen molar-refractivity contribution in [1.82, 2.24) is 9.55 Å². The number of aromatic nitrogens is 2. The van der Waals surface area contributed by atoms with Crippen LogP contribution in [0, 0.1) is 0 Å². The summed E-state index contributed by atoms with van der Waals surface area (Å²) in [6.07, 6.45) is 0. The van der Waals surface area contributed by atoms with E-state index in [1.54, 1.807) is 24.3 Å². The van der Waals surface area contributed by atoms with Crippen molar-refractivity contribution in [2.24, 2.45) is 5.73 Å². The summed E-state index contributed by atoms with van der Waals surface area (Å²) in [5.41, 5.74) is 8.19. The number of para-hydroxylation sites is 2. The van der Waals surface area contributed by atoms with Gasteiger partial charge in [0, 0.05) is 17.9 Å². The number of nitrogens with one attached hydrogen (secondary N) is 2. The maximum atomic E-state index is 12.3. The van der Waals surface area contributed by atoms with Gasteiger partial charge in [-0.15, -0.1) is 0 Å². The van der Waals surface area contributed by atoms with E-state index in [1.807, 2.05) is 24.3 Å². The molecule has 1 aromatic heterocycles. The van der Waals surface area contributed by atoms with Crippen molar-refractivity contribution in [3.63, 3.8) is 0 Å². The first-order chi connectivity index (χ1) is 12.6. The lowest BCUT2D eigenvalue weighted by Gasteiger charge is -2.08. The summed E-state index contributed by atoms with van der Waals surface area (Å²) >= 11 is 1.39. The molecule has 0 radical (unpaired) electrons. The summed E-state index contributed by atoms with van der Waals surface area (Å²) in [6, 6.07) is 14.1. The smallest absolute Gasteiger partial charge is 0.316 e. The molecular weight excluding hydrogens is 350 g/mol. The van der Waals surface area contributed by atoms with Crippen LogP contribution in [0.1, 0.15) is 6.92 Å². The van der Waals surface area contributed by atoms with Crippen molar-refractivity contribution in [3.05, 3.63) is 48.5 Å². The lowest BCUT2D eigenvalue weighted by Crippen LogP contribution is -2.19. The number of rotatable bonds is 6. The van der Waals surface area contributed by atoms with Crippen LogP contribution in [-0.4, -0.2) is 27.2 Å². The molecule has 0 aliphatic heterocycles. The highest BCUT2D eigenvalue weighted by Gasteiger charge is 2.12. The molecule has 26 heavy (non-hydrogen) atoms. The molecule has 0 bridgehead atoms. The van der Waals surface area contributed by atoms with E-state index in [-0.39, 0.29) is 11.7 Å². The van der Waals surface area contributed by atoms with E-state index in [0.29, 0.717) is 11.4 Å². The zero-order chi connectivity index (χ0) is 18.5. The highest BCUT2D eigenvalue weighted by atomic mass is 32.2. The molecule has 3 amide bonds. The van der Waals surface area contributed by atoms with Gasteiger partial charge in [0.15, 0.2) is 5.16 Å². The SMILES string of the molecule is CCn1c(SCC(=O)Nc2cccc(NC(N)=O)c2)nc2ccccc21. The Balaban J connectivity index is 1.65. The number of benzene rings is 2. The minimum Gasteiger partial charge on any atom is -0.351 e. The largest absolute Gasteiger partial charge is 0.351 e. The van der Waals surface area contributed by atoms with Crippen LogP contribution in [0.4, 0.5) is 16.2 Å². The van der Waals surface area contributed by atoms with Gasteiger partial charge in [-0.1, -0.05) is 30.0 Å². The maximum absolute atomic E-state index is 12.3. The molecule has 7 nitrogen and oxygen atoms in total. The number of nitrogens with two attached hydrogens (primary N) is 1. The molecule has 3 aromatic rings. The van der Waals surface area contributed by atoms with Gasteiger partial charge in [0.2, 0.25) is 5.91 Å². The highest BCUT2D eigenvalue weighted by Crippen LogP contribution is 2.24. The van der Waals surface area contributed by atoms with E-state index in [2.05, 4.69) is 27.1 Å². The Labute approximate surface area is 155 Å². The number of primary amides is 1. The van der Waals surface area contributed by atoms with E-state index < -0.39 is 6.03 Å². The zero-order valence-corrected chi connectivity index (χ0v) is 15.0. The minimum absolute atomic E-state index is 0.152. The quantitative estimate of drug-likeness (QED) is 0.580. The second-order valence-electron chi connectivity index (χ2n) is 5.53. The fourth-order valence-electron chi connectivity index (χ4n) is 2.61. The lowest BCUT2D eigenvalue weighted by molar-refractivity contribution is -0.113. The van der Waals surface area contributed by atoms with Gasteiger partial charge in [0.25, 0.3) is 0 Å². The van der Waals surface area contributed by atoms with Crippen LogP contribution in [0.25, 0.3) is 11.0 Å². The highest BCUT2D eigenvalue weighted by molar-refractivity contribution is 7.99. The molecule has 0 fully saturated rings. The summed E-state index contributed by atoms with van der Waals surface area (Å²) in [4.78, 5) is 27.8. The normalized spacial score (nSPS) is 10.7. The van der Waals surface area contributed by atoms with Crippen molar-refractivity contribution in [2.45, 2.75) is 18.6 Å². The average molecular weight is 369 g/mol.